The number of carbonyl (C=O) groups excluding carboxylic acids is 1. The maximum atomic E-state index is 12.6. The number of anilines is 1. The molecule has 1 aliphatic carbocycles. The Morgan fingerprint density at radius 2 is 1.93 bits per heavy atom. The number of nitrogens with zero attached hydrogens (tertiary/aromatic N) is 1. The quantitative estimate of drug-likeness (QED) is 0.583. The molecule has 4 rings (SSSR count). The van der Waals surface area contributed by atoms with Gasteiger partial charge in [-0.2, -0.15) is 8.42 Å². The molecule has 6 nitrogen and oxygen atoms in total. The van der Waals surface area contributed by atoms with Gasteiger partial charge in [0.05, 0.1) is 11.3 Å². The fourth-order valence-electron chi connectivity index (χ4n) is 3.72. The number of hydrogen-bond donors (Lipinski definition) is 1. The van der Waals surface area contributed by atoms with Crippen LogP contribution in [0.1, 0.15) is 29.8 Å². The second-order valence-corrected chi connectivity index (χ2v) is 10.3. The van der Waals surface area contributed by atoms with Crippen LogP contribution in [0.3, 0.4) is 0 Å². The lowest BCUT2D eigenvalue weighted by Crippen LogP contribution is -2.32. The summed E-state index contributed by atoms with van der Waals surface area (Å²) < 4.78 is 30.5. The van der Waals surface area contributed by atoms with E-state index in [9.17, 15) is 13.2 Å². The molecule has 30 heavy (non-hydrogen) atoms. The summed E-state index contributed by atoms with van der Waals surface area (Å²) in [7, 11) is -3.80. The highest BCUT2D eigenvalue weighted by atomic mass is 32.2. The third kappa shape index (κ3) is 4.44. The van der Waals surface area contributed by atoms with Crippen LogP contribution in [0.2, 0.25) is 0 Å². The lowest BCUT2D eigenvalue weighted by molar-refractivity contribution is 0.0958. The molecule has 0 atom stereocenters. The fraction of sp³-hybridized carbons (Fsp3) is 0.318. The van der Waals surface area contributed by atoms with E-state index >= 15 is 0 Å². The molecule has 2 aliphatic heterocycles. The number of benzene rings is 1. The minimum Gasteiger partial charge on any atom is -0.381 e. The first kappa shape index (κ1) is 20.7. The lowest BCUT2D eigenvalue weighted by Gasteiger charge is -2.26. The predicted octanol–water partition coefficient (Wildman–Crippen LogP) is 3.97. The number of nitrogens with one attached hydrogen (secondary N) is 1. The molecule has 1 aromatic rings. The van der Waals surface area contributed by atoms with Gasteiger partial charge in [-0.05, 0) is 23.6 Å². The van der Waals surface area contributed by atoms with Gasteiger partial charge in [0, 0.05) is 35.5 Å². The van der Waals surface area contributed by atoms with Crippen LogP contribution >= 0.6 is 11.3 Å². The highest BCUT2D eigenvalue weighted by molar-refractivity contribution is 7.86. The van der Waals surface area contributed by atoms with Crippen molar-refractivity contribution in [3.8, 4) is 16.2 Å². The molecule has 158 valence electrons. The Labute approximate surface area is 180 Å². The molecule has 0 radical (unpaired) electrons. The van der Waals surface area contributed by atoms with Crippen LogP contribution in [0.25, 0.3) is 10.4 Å². The Morgan fingerprint density at radius 1 is 1.17 bits per heavy atom. The van der Waals surface area contributed by atoms with Crippen LogP contribution in [0.5, 0.6) is 5.75 Å². The fourth-order valence-corrected chi connectivity index (χ4v) is 5.66. The second-order valence-electron chi connectivity index (χ2n) is 7.83. The minimum absolute atomic E-state index is 0.0983. The van der Waals surface area contributed by atoms with E-state index in [1.54, 1.807) is 35.7 Å². The van der Waals surface area contributed by atoms with E-state index in [0.717, 1.165) is 22.7 Å². The zero-order valence-electron chi connectivity index (χ0n) is 16.9. The highest BCUT2D eigenvalue weighted by Gasteiger charge is 2.29. The van der Waals surface area contributed by atoms with Gasteiger partial charge in [-0.1, -0.05) is 44.2 Å². The van der Waals surface area contributed by atoms with E-state index in [2.05, 4.69) is 24.1 Å². The molecule has 1 aromatic carbocycles. The summed E-state index contributed by atoms with van der Waals surface area (Å²) in [5.41, 5.74) is 3.00. The zero-order chi connectivity index (χ0) is 21.3. The monoisotopic (exact) mass is 444 g/mol. The van der Waals surface area contributed by atoms with E-state index in [0.29, 0.717) is 30.1 Å². The number of fused-ring (bicyclic) bond motifs is 3. The second kappa shape index (κ2) is 8.28. The van der Waals surface area contributed by atoms with Crippen LogP contribution in [-0.4, -0.2) is 34.0 Å². The Morgan fingerprint density at radius 3 is 2.67 bits per heavy atom. The Kier molecular flexibility index (Phi) is 5.71. The van der Waals surface area contributed by atoms with E-state index < -0.39 is 10.1 Å². The molecule has 2 heterocycles. The molecular weight excluding hydrogens is 420 g/mol. The summed E-state index contributed by atoms with van der Waals surface area (Å²) in [6.07, 6.45) is 0. The normalized spacial score (nSPS) is 14.5. The molecule has 0 saturated carbocycles. The van der Waals surface area contributed by atoms with E-state index in [4.69, 9.17) is 4.18 Å². The summed E-state index contributed by atoms with van der Waals surface area (Å²) in [6, 6.07) is 12.6. The van der Waals surface area contributed by atoms with Crippen molar-refractivity contribution in [2.75, 3.05) is 24.5 Å². The number of rotatable bonds is 6. The number of carbonyl (C=O) groups is 1. The van der Waals surface area contributed by atoms with Gasteiger partial charge in [0.2, 0.25) is 0 Å². The SMILES string of the molecule is CC(C)CN1CCNC(=O)c2cc3scc(OS(=O)(=O)Cc4ccccc4)cc-3c21. The van der Waals surface area contributed by atoms with Crippen LogP contribution in [-0.2, 0) is 15.9 Å². The van der Waals surface area contributed by atoms with Crippen molar-refractivity contribution in [1.29, 1.82) is 0 Å². The number of amides is 1. The van der Waals surface area contributed by atoms with Gasteiger partial charge in [-0.15, -0.1) is 11.3 Å². The molecule has 0 unspecified atom stereocenters. The van der Waals surface area contributed by atoms with Crippen LogP contribution in [0.15, 0.2) is 47.8 Å². The largest absolute Gasteiger partial charge is 0.381 e. The third-order valence-corrected chi connectivity index (χ3v) is 6.94. The van der Waals surface area contributed by atoms with Crippen molar-refractivity contribution in [3.05, 3.63) is 59.0 Å². The van der Waals surface area contributed by atoms with Gasteiger partial charge >= 0.3 is 10.1 Å². The molecular formula is C22H24N2O4S2. The van der Waals surface area contributed by atoms with Crippen molar-refractivity contribution in [3.63, 3.8) is 0 Å². The van der Waals surface area contributed by atoms with E-state index in [1.807, 2.05) is 12.1 Å². The average Bonchev–Trinajstić information content (AvgIpc) is 2.98. The van der Waals surface area contributed by atoms with Crippen LogP contribution < -0.4 is 14.4 Å². The van der Waals surface area contributed by atoms with Crippen molar-refractivity contribution in [2.24, 2.45) is 5.92 Å². The Bertz CT molecular complexity index is 1120. The Balaban J connectivity index is 1.69. The molecule has 1 amide bonds. The molecule has 8 heteroatoms. The van der Waals surface area contributed by atoms with Gasteiger partial charge in [0.1, 0.15) is 5.75 Å². The molecule has 1 N–H and O–H groups in total. The van der Waals surface area contributed by atoms with Crippen molar-refractivity contribution in [1.82, 2.24) is 5.32 Å². The summed E-state index contributed by atoms with van der Waals surface area (Å²) in [4.78, 5) is 15.7. The first-order chi connectivity index (χ1) is 14.3. The summed E-state index contributed by atoms with van der Waals surface area (Å²) in [5, 5.41) is 4.62. The van der Waals surface area contributed by atoms with Gasteiger partial charge in [-0.25, -0.2) is 0 Å². The molecule has 3 aliphatic rings. The van der Waals surface area contributed by atoms with Gasteiger partial charge in [-0.3, -0.25) is 4.79 Å². The van der Waals surface area contributed by atoms with Gasteiger partial charge in [0.15, 0.2) is 5.75 Å². The smallest absolute Gasteiger partial charge is 0.313 e. The molecule has 0 bridgehead atoms. The standard InChI is InChI=1S/C22H24N2O4S2/c1-15(2)12-24-9-8-23-22(25)19-11-20-18(21(19)24)10-17(13-29-20)28-30(26,27)14-16-6-4-3-5-7-16/h3-7,10-11,13,15H,8-9,12,14H2,1-2H3,(H,23,25). The summed E-state index contributed by atoms with van der Waals surface area (Å²) >= 11 is 1.38. The van der Waals surface area contributed by atoms with Crippen molar-refractivity contribution < 1.29 is 17.4 Å². The van der Waals surface area contributed by atoms with Gasteiger partial charge in [0.25, 0.3) is 5.91 Å². The number of hydrogen-bond acceptors (Lipinski definition) is 6. The van der Waals surface area contributed by atoms with Crippen molar-refractivity contribution >= 4 is 33.0 Å². The molecule has 0 fully saturated rings. The topological polar surface area (TPSA) is 75.7 Å². The third-order valence-electron chi connectivity index (χ3n) is 4.86. The molecule has 0 saturated heterocycles. The van der Waals surface area contributed by atoms with Crippen LogP contribution in [0.4, 0.5) is 5.69 Å². The highest BCUT2D eigenvalue weighted by Crippen LogP contribution is 2.44. The lowest BCUT2D eigenvalue weighted by atomic mass is 10.1. The first-order valence-electron chi connectivity index (χ1n) is 9.87. The first-order valence-corrected chi connectivity index (χ1v) is 12.3. The molecule has 0 aromatic heterocycles. The minimum atomic E-state index is -3.80. The average molecular weight is 445 g/mol. The van der Waals surface area contributed by atoms with Crippen molar-refractivity contribution in [2.45, 2.75) is 19.6 Å². The van der Waals surface area contributed by atoms with E-state index in [-0.39, 0.29) is 17.4 Å². The zero-order valence-corrected chi connectivity index (χ0v) is 18.6. The Hall–Kier alpha value is -2.58. The summed E-state index contributed by atoms with van der Waals surface area (Å²) in [5.74, 6) is 0.396. The van der Waals surface area contributed by atoms with E-state index in [1.165, 1.54) is 11.3 Å². The summed E-state index contributed by atoms with van der Waals surface area (Å²) in [6.45, 7) is 6.37. The maximum absolute atomic E-state index is 12.6. The van der Waals surface area contributed by atoms with Crippen LogP contribution in [0, 0.1) is 5.92 Å². The molecule has 0 spiro atoms. The predicted molar refractivity (Wildman–Crippen MR) is 120 cm³/mol. The maximum Gasteiger partial charge on any atom is 0.313 e. The van der Waals surface area contributed by atoms with Gasteiger partial charge < -0.3 is 14.4 Å².